The zero-order valence-corrected chi connectivity index (χ0v) is 15.6. The summed E-state index contributed by atoms with van der Waals surface area (Å²) in [7, 11) is -1.05. The molecular weight excluding hydrogens is 327 g/mol. The third-order valence-corrected chi connectivity index (χ3v) is 9.85. The first-order chi connectivity index (χ1) is 12.2. The molecule has 3 heteroatoms. The molecule has 0 N–H and O–H groups in total. The van der Waals surface area contributed by atoms with E-state index < -0.39 is 13.1 Å². The number of methoxy groups -OCH3 is 1. The Kier molecular flexibility index (Phi) is 5.43. The molecule has 25 heavy (non-hydrogen) atoms. The topological polar surface area (TPSA) is 26.3 Å². The van der Waals surface area contributed by atoms with E-state index in [4.69, 9.17) is 4.74 Å². The molecule has 0 aliphatic heterocycles. The summed E-state index contributed by atoms with van der Waals surface area (Å²) in [5.74, 6) is -0.426. The molecule has 0 fully saturated rings. The minimum absolute atomic E-state index is 0.0609. The van der Waals surface area contributed by atoms with Gasteiger partial charge in [-0.2, -0.15) is 0 Å². The number of carbonyl (C=O) groups excluding carboxylic acids is 1. The summed E-state index contributed by atoms with van der Waals surface area (Å²) >= 11 is 0. The van der Waals surface area contributed by atoms with Gasteiger partial charge in [-0.15, -0.1) is 0 Å². The van der Waals surface area contributed by atoms with E-state index in [1.807, 2.05) is 54.6 Å². The molecule has 2 nitrogen and oxygen atoms in total. The van der Waals surface area contributed by atoms with Crippen molar-refractivity contribution in [2.75, 3.05) is 7.11 Å². The summed E-state index contributed by atoms with van der Waals surface area (Å²) in [5.41, 5.74) is 0. The Morgan fingerprint density at radius 2 is 1.04 bits per heavy atom. The predicted octanol–water partition coefficient (Wildman–Crippen LogP) is 3.27. The monoisotopic (exact) mass is 350 g/mol. The second-order valence-electron chi connectivity index (χ2n) is 6.13. The SMILES string of the molecule is COC(C(C)=O)[PH](c1ccccc1)(c1ccccc1)c1ccccc1. The van der Waals surface area contributed by atoms with E-state index >= 15 is 0 Å². The van der Waals surface area contributed by atoms with E-state index in [-0.39, 0.29) is 5.78 Å². The molecule has 0 saturated carbocycles. The van der Waals surface area contributed by atoms with Crippen LogP contribution < -0.4 is 15.9 Å². The van der Waals surface area contributed by atoms with Crippen molar-refractivity contribution in [1.82, 2.24) is 0 Å². The number of carbonyl (C=O) groups is 1. The Hall–Kier alpha value is -2.28. The van der Waals surface area contributed by atoms with Gasteiger partial charge in [-0.3, -0.25) is 0 Å². The van der Waals surface area contributed by atoms with Crippen molar-refractivity contribution in [2.45, 2.75) is 12.8 Å². The number of Topliss-reactive ketones (excluding diaryl/α,β-unsaturated/α-hetero) is 1. The van der Waals surface area contributed by atoms with Gasteiger partial charge in [-0.25, -0.2) is 0 Å². The molecule has 1 atom stereocenters. The second-order valence-corrected chi connectivity index (χ2v) is 10.0. The molecule has 0 spiro atoms. The van der Waals surface area contributed by atoms with E-state index in [1.165, 1.54) is 15.9 Å². The van der Waals surface area contributed by atoms with Gasteiger partial charge in [0.05, 0.1) is 0 Å². The zero-order chi connectivity index (χ0) is 17.7. The van der Waals surface area contributed by atoms with Gasteiger partial charge in [-0.05, 0) is 0 Å². The maximum absolute atomic E-state index is 12.7. The number of ether oxygens (including phenoxy) is 1. The molecule has 0 radical (unpaired) electrons. The average Bonchev–Trinajstić information content (AvgIpc) is 2.68. The van der Waals surface area contributed by atoms with Gasteiger partial charge >= 0.3 is 149 Å². The minimum atomic E-state index is -2.69. The summed E-state index contributed by atoms with van der Waals surface area (Å²) in [6, 6.07) is 31.0. The van der Waals surface area contributed by atoms with Gasteiger partial charge in [0.2, 0.25) is 0 Å². The Labute approximate surface area is 149 Å². The van der Waals surface area contributed by atoms with Gasteiger partial charge in [0.1, 0.15) is 0 Å². The van der Waals surface area contributed by atoms with Gasteiger partial charge < -0.3 is 0 Å². The Bertz CT molecular complexity index is 720. The van der Waals surface area contributed by atoms with Crippen LogP contribution >= 0.6 is 7.26 Å². The van der Waals surface area contributed by atoms with Crippen LogP contribution in [0.25, 0.3) is 0 Å². The van der Waals surface area contributed by atoms with Crippen LogP contribution in [0, 0.1) is 0 Å². The molecule has 3 rings (SSSR count). The van der Waals surface area contributed by atoms with Gasteiger partial charge in [-0.1, -0.05) is 0 Å². The molecule has 128 valence electrons. The molecule has 0 aliphatic rings. The number of hydrogen-bond donors (Lipinski definition) is 0. The van der Waals surface area contributed by atoms with Crippen LogP contribution in [-0.4, -0.2) is 18.7 Å². The first kappa shape index (κ1) is 17.5. The quantitative estimate of drug-likeness (QED) is 0.638. The fourth-order valence-corrected chi connectivity index (χ4v) is 8.73. The summed E-state index contributed by atoms with van der Waals surface area (Å²) in [6.45, 7) is 1.63. The van der Waals surface area contributed by atoms with Crippen molar-refractivity contribution in [1.29, 1.82) is 0 Å². The molecule has 0 saturated heterocycles. The van der Waals surface area contributed by atoms with Crippen molar-refractivity contribution < 1.29 is 9.53 Å². The van der Waals surface area contributed by atoms with Crippen LogP contribution in [0.4, 0.5) is 0 Å². The Morgan fingerprint density at radius 3 is 1.28 bits per heavy atom. The molecule has 0 heterocycles. The maximum atomic E-state index is 12.7. The third-order valence-electron chi connectivity index (χ3n) is 4.69. The normalized spacial score (nSPS) is 13.2. The van der Waals surface area contributed by atoms with Gasteiger partial charge in [0, 0.05) is 0 Å². The van der Waals surface area contributed by atoms with Crippen molar-refractivity contribution in [3.05, 3.63) is 91.0 Å². The number of rotatable bonds is 6. The van der Waals surface area contributed by atoms with Crippen molar-refractivity contribution >= 4 is 29.0 Å². The standard InChI is InChI=1S/C22H23O2P/c1-18(23)22(24-2)25(19-12-6-3-7-13-19,20-14-8-4-9-15-20)21-16-10-5-11-17-21/h3-17,22,25H,1-2H3. The van der Waals surface area contributed by atoms with Crippen molar-refractivity contribution in [3.8, 4) is 0 Å². The summed E-state index contributed by atoms with van der Waals surface area (Å²) in [5, 5.41) is 3.53. The van der Waals surface area contributed by atoms with Crippen LogP contribution in [0.5, 0.6) is 0 Å². The van der Waals surface area contributed by atoms with E-state index in [1.54, 1.807) is 14.0 Å². The van der Waals surface area contributed by atoms with Crippen LogP contribution in [0.1, 0.15) is 6.92 Å². The second kappa shape index (κ2) is 7.74. The molecule has 3 aromatic carbocycles. The summed E-state index contributed by atoms with van der Waals surface area (Å²) in [6.07, 6.45) is 0. The molecule has 3 aromatic rings. The average molecular weight is 350 g/mol. The van der Waals surface area contributed by atoms with Crippen molar-refractivity contribution in [2.24, 2.45) is 0 Å². The molecule has 0 bridgehead atoms. The number of ketones is 1. The van der Waals surface area contributed by atoms with Crippen LogP contribution in [-0.2, 0) is 9.53 Å². The predicted molar refractivity (Wildman–Crippen MR) is 108 cm³/mol. The fraction of sp³-hybridized carbons (Fsp3) is 0.136. The first-order valence-electron chi connectivity index (χ1n) is 8.41. The van der Waals surface area contributed by atoms with Crippen LogP contribution in [0.3, 0.4) is 0 Å². The molecule has 0 aromatic heterocycles. The summed E-state index contributed by atoms with van der Waals surface area (Å²) < 4.78 is 5.85. The van der Waals surface area contributed by atoms with E-state index in [2.05, 4.69) is 36.4 Å². The Morgan fingerprint density at radius 1 is 0.720 bits per heavy atom. The van der Waals surface area contributed by atoms with E-state index in [0.717, 1.165) is 0 Å². The van der Waals surface area contributed by atoms with E-state index in [0.29, 0.717) is 0 Å². The number of hydrogen-bond acceptors (Lipinski definition) is 2. The van der Waals surface area contributed by atoms with Crippen molar-refractivity contribution in [3.63, 3.8) is 0 Å². The molecule has 1 unspecified atom stereocenters. The Balaban J connectivity index is 2.42. The third kappa shape index (κ3) is 3.16. The first-order valence-corrected chi connectivity index (χ1v) is 10.5. The molecule has 0 aliphatic carbocycles. The fourth-order valence-electron chi connectivity index (χ4n) is 3.70. The van der Waals surface area contributed by atoms with Gasteiger partial charge in [0.25, 0.3) is 0 Å². The molecular formula is C22H23O2P. The van der Waals surface area contributed by atoms with Gasteiger partial charge in [0.15, 0.2) is 0 Å². The zero-order valence-electron chi connectivity index (χ0n) is 14.6. The number of benzene rings is 3. The van der Waals surface area contributed by atoms with E-state index in [9.17, 15) is 4.79 Å². The van der Waals surface area contributed by atoms with Crippen LogP contribution in [0.15, 0.2) is 91.0 Å². The van der Waals surface area contributed by atoms with Crippen LogP contribution in [0.2, 0.25) is 0 Å². The summed E-state index contributed by atoms with van der Waals surface area (Å²) in [4.78, 5) is 12.7. The molecule has 0 amide bonds.